The van der Waals surface area contributed by atoms with Gasteiger partial charge in [-0.15, -0.1) is 11.3 Å². The van der Waals surface area contributed by atoms with Crippen molar-refractivity contribution in [1.82, 2.24) is 9.88 Å². The maximum absolute atomic E-state index is 12.1. The average Bonchev–Trinajstić information content (AvgIpc) is 2.84. The number of amides is 1. The van der Waals surface area contributed by atoms with Crippen molar-refractivity contribution >= 4 is 28.1 Å². The van der Waals surface area contributed by atoms with Crippen LogP contribution in [0, 0.1) is 6.92 Å². The van der Waals surface area contributed by atoms with E-state index in [1.165, 1.54) is 22.5 Å². The molecule has 2 aromatic rings. The lowest BCUT2D eigenvalue weighted by atomic mass is 9.98. The van der Waals surface area contributed by atoms with Crippen molar-refractivity contribution in [3.8, 4) is 0 Å². The number of hydrogen-bond acceptors (Lipinski definition) is 5. The number of nitrogen functional groups attached to an aromatic ring is 1. The van der Waals surface area contributed by atoms with Crippen LogP contribution in [0.15, 0.2) is 23.6 Å². The first-order chi connectivity index (χ1) is 10.1. The van der Waals surface area contributed by atoms with Gasteiger partial charge in [0.05, 0.1) is 12.2 Å². The quantitative estimate of drug-likeness (QED) is 0.851. The van der Waals surface area contributed by atoms with Crippen LogP contribution < -0.4 is 11.1 Å². The smallest absolute Gasteiger partial charge is 0.240 e. The first-order valence-electron chi connectivity index (χ1n) is 6.92. The van der Waals surface area contributed by atoms with Gasteiger partial charge in [-0.3, -0.25) is 9.69 Å². The van der Waals surface area contributed by atoms with Crippen molar-refractivity contribution in [2.45, 2.75) is 19.9 Å². The molecule has 5 nitrogen and oxygen atoms in total. The number of carbonyl (C=O) groups excluding carboxylic acids is 1. The maximum atomic E-state index is 12.1. The number of benzene rings is 1. The molecule has 0 saturated carbocycles. The number of nitrogens with zero attached hydrogens (tertiary/aromatic N) is 2. The highest BCUT2D eigenvalue weighted by atomic mass is 32.1. The van der Waals surface area contributed by atoms with Gasteiger partial charge in [0.15, 0.2) is 5.13 Å². The zero-order valence-corrected chi connectivity index (χ0v) is 12.7. The fourth-order valence-corrected chi connectivity index (χ4v) is 3.31. The molecule has 1 amide bonds. The number of thiazole rings is 1. The number of aromatic nitrogens is 1. The van der Waals surface area contributed by atoms with Crippen LogP contribution in [0.5, 0.6) is 0 Å². The van der Waals surface area contributed by atoms with Gasteiger partial charge in [0, 0.05) is 24.2 Å². The SMILES string of the molecule is Cc1csc(NC(=O)CN2CCc3c(N)cccc3C2)n1. The first-order valence-corrected chi connectivity index (χ1v) is 7.80. The summed E-state index contributed by atoms with van der Waals surface area (Å²) in [6.07, 6.45) is 0.894. The van der Waals surface area contributed by atoms with Crippen molar-refractivity contribution in [3.05, 3.63) is 40.4 Å². The summed E-state index contributed by atoms with van der Waals surface area (Å²) in [4.78, 5) is 18.4. The monoisotopic (exact) mass is 302 g/mol. The van der Waals surface area contributed by atoms with Crippen LogP contribution in [-0.4, -0.2) is 28.9 Å². The Bertz CT molecular complexity index is 667. The number of hydrogen-bond donors (Lipinski definition) is 2. The van der Waals surface area contributed by atoms with Gasteiger partial charge < -0.3 is 11.1 Å². The van der Waals surface area contributed by atoms with E-state index < -0.39 is 0 Å². The van der Waals surface area contributed by atoms with Crippen LogP contribution in [0.4, 0.5) is 10.8 Å². The second-order valence-electron chi connectivity index (χ2n) is 5.29. The molecule has 1 aliphatic heterocycles. The third kappa shape index (κ3) is 3.22. The Morgan fingerprint density at radius 1 is 1.52 bits per heavy atom. The van der Waals surface area contributed by atoms with Crippen LogP contribution in [-0.2, 0) is 17.8 Å². The molecule has 0 radical (unpaired) electrons. The molecule has 6 heteroatoms. The zero-order valence-electron chi connectivity index (χ0n) is 11.9. The maximum Gasteiger partial charge on any atom is 0.240 e. The van der Waals surface area contributed by atoms with Gasteiger partial charge in [-0.2, -0.15) is 0 Å². The highest BCUT2D eigenvalue weighted by molar-refractivity contribution is 7.13. The van der Waals surface area contributed by atoms with Gasteiger partial charge in [-0.1, -0.05) is 12.1 Å². The van der Waals surface area contributed by atoms with Gasteiger partial charge in [-0.25, -0.2) is 4.98 Å². The Hall–Kier alpha value is -1.92. The molecule has 1 aliphatic rings. The predicted octanol–water partition coefficient (Wildman–Crippen LogP) is 2.03. The van der Waals surface area contributed by atoms with Gasteiger partial charge in [-0.05, 0) is 30.5 Å². The molecule has 0 spiro atoms. The highest BCUT2D eigenvalue weighted by Crippen LogP contribution is 2.24. The Kier molecular flexibility index (Phi) is 3.90. The molecular weight excluding hydrogens is 284 g/mol. The van der Waals surface area contributed by atoms with Gasteiger partial charge in [0.2, 0.25) is 5.91 Å². The van der Waals surface area contributed by atoms with E-state index >= 15 is 0 Å². The van der Waals surface area contributed by atoms with E-state index in [-0.39, 0.29) is 5.91 Å². The third-order valence-electron chi connectivity index (χ3n) is 3.61. The molecule has 2 heterocycles. The molecule has 110 valence electrons. The van der Waals surface area contributed by atoms with Crippen LogP contribution in [0.1, 0.15) is 16.8 Å². The second-order valence-corrected chi connectivity index (χ2v) is 6.15. The normalized spacial score (nSPS) is 14.7. The van der Waals surface area contributed by atoms with Crippen molar-refractivity contribution < 1.29 is 4.79 Å². The zero-order chi connectivity index (χ0) is 14.8. The Morgan fingerprint density at radius 3 is 3.14 bits per heavy atom. The Balaban J connectivity index is 1.60. The molecule has 1 aromatic carbocycles. The van der Waals surface area contributed by atoms with Gasteiger partial charge >= 0.3 is 0 Å². The summed E-state index contributed by atoms with van der Waals surface area (Å²) < 4.78 is 0. The van der Waals surface area contributed by atoms with E-state index in [4.69, 9.17) is 5.73 Å². The standard InChI is InChI=1S/C15H18N4OS/c1-10-9-21-15(17-10)18-14(20)8-19-6-5-12-11(7-19)3-2-4-13(12)16/h2-4,9H,5-8,16H2,1H3,(H,17,18,20). The molecule has 0 fully saturated rings. The Morgan fingerprint density at radius 2 is 2.38 bits per heavy atom. The van der Waals surface area contributed by atoms with E-state index in [2.05, 4.69) is 21.3 Å². The fraction of sp³-hybridized carbons (Fsp3) is 0.333. The molecule has 0 bridgehead atoms. The summed E-state index contributed by atoms with van der Waals surface area (Å²) in [5, 5.41) is 5.44. The van der Waals surface area contributed by atoms with Crippen LogP contribution in [0.25, 0.3) is 0 Å². The molecule has 0 aliphatic carbocycles. The molecular formula is C15H18N4OS. The van der Waals surface area contributed by atoms with E-state index in [1.54, 1.807) is 0 Å². The van der Waals surface area contributed by atoms with Crippen molar-refractivity contribution in [1.29, 1.82) is 0 Å². The average molecular weight is 302 g/mol. The largest absolute Gasteiger partial charge is 0.398 e. The number of fused-ring (bicyclic) bond motifs is 1. The van der Waals surface area contributed by atoms with E-state index in [0.29, 0.717) is 11.7 Å². The lowest BCUT2D eigenvalue weighted by molar-refractivity contribution is -0.117. The summed E-state index contributed by atoms with van der Waals surface area (Å²) in [6.45, 7) is 3.92. The summed E-state index contributed by atoms with van der Waals surface area (Å²) in [5.74, 6) is -0.0169. The third-order valence-corrected chi connectivity index (χ3v) is 4.49. The molecule has 3 N–H and O–H groups in total. The number of nitrogens with two attached hydrogens (primary N) is 1. The number of rotatable bonds is 3. The van der Waals surface area contributed by atoms with Crippen molar-refractivity contribution in [2.24, 2.45) is 0 Å². The number of carbonyl (C=O) groups is 1. The molecule has 21 heavy (non-hydrogen) atoms. The summed E-state index contributed by atoms with van der Waals surface area (Å²) in [5.41, 5.74) is 10.2. The molecule has 1 aromatic heterocycles. The summed E-state index contributed by atoms with van der Waals surface area (Å²) in [7, 11) is 0. The van der Waals surface area contributed by atoms with Gasteiger partial charge in [0.1, 0.15) is 0 Å². The van der Waals surface area contributed by atoms with Crippen LogP contribution in [0.3, 0.4) is 0 Å². The lowest BCUT2D eigenvalue weighted by Gasteiger charge is -2.28. The number of anilines is 2. The van der Waals surface area contributed by atoms with Gasteiger partial charge in [0.25, 0.3) is 0 Å². The molecule has 3 rings (SSSR count). The van der Waals surface area contributed by atoms with Crippen molar-refractivity contribution in [3.63, 3.8) is 0 Å². The predicted molar refractivity (Wildman–Crippen MR) is 85.3 cm³/mol. The van der Waals surface area contributed by atoms with Crippen molar-refractivity contribution in [2.75, 3.05) is 24.1 Å². The Labute approximate surface area is 127 Å². The highest BCUT2D eigenvalue weighted by Gasteiger charge is 2.20. The fourth-order valence-electron chi connectivity index (χ4n) is 2.61. The second kappa shape index (κ2) is 5.83. The first kappa shape index (κ1) is 14.0. The minimum absolute atomic E-state index is 0.0169. The molecule has 0 atom stereocenters. The van der Waals surface area contributed by atoms with E-state index in [0.717, 1.165) is 30.9 Å². The molecule has 0 unspecified atom stereocenters. The number of nitrogens with one attached hydrogen (secondary N) is 1. The van der Waals surface area contributed by atoms with Crippen LogP contribution >= 0.6 is 11.3 Å². The molecule has 0 saturated heterocycles. The minimum atomic E-state index is -0.0169. The van der Waals surface area contributed by atoms with E-state index in [1.807, 2.05) is 24.4 Å². The lowest BCUT2D eigenvalue weighted by Crippen LogP contribution is -2.37. The summed E-state index contributed by atoms with van der Waals surface area (Å²) in [6, 6.07) is 5.99. The number of aryl methyl sites for hydroxylation is 1. The minimum Gasteiger partial charge on any atom is -0.398 e. The van der Waals surface area contributed by atoms with Crippen LogP contribution in [0.2, 0.25) is 0 Å². The topological polar surface area (TPSA) is 71.2 Å². The summed E-state index contributed by atoms with van der Waals surface area (Å²) >= 11 is 1.45. The van der Waals surface area contributed by atoms with E-state index in [9.17, 15) is 4.79 Å².